The van der Waals surface area contributed by atoms with Gasteiger partial charge in [-0.3, -0.25) is 4.79 Å². The summed E-state index contributed by atoms with van der Waals surface area (Å²) in [4.78, 5) is 23.3. The standard InChI is InChI=1S/C17H18ClN3O3/c1-17(2,24-14-8-6-11(18)7-9-14)15(22)20-12-4-3-5-13(10-12)21-16(19)23/h3-10H,1-2H3,(H,20,22)(H3,19,21,23). The second kappa shape index (κ2) is 7.23. The van der Waals surface area contributed by atoms with Gasteiger partial charge in [-0.05, 0) is 56.3 Å². The number of benzene rings is 2. The predicted octanol–water partition coefficient (Wildman–Crippen LogP) is 3.63. The summed E-state index contributed by atoms with van der Waals surface area (Å²) in [5.74, 6) is 0.192. The van der Waals surface area contributed by atoms with E-state index in [4.69, 9.17) is 22.1 Å². The van der Waals surface area contributed by atoms with Gasteiger partial charge in [-0.15, -0.1) is 0 Å². The first-order valence-electron chi connectivity index (χ1n) is 7.19. The molecule has 0 spiro atoms. The van der Waals surface area contributed by atoms with Crippen LogP contribution in [0.5, 0.6) is 5.75 Å². The molecule has 2 rings (SSSR count). The van der Waals surface area contributed by atoms with Crippen molar-refractivity contribution in [3.05, 3.63) is 53.6 Å². The van der Waals surface area contributed by atoms with E-state index in [1.165, 1.54) is 0 Å². The molecule has 0 saturated carbocycles. The molecule has 6 nitrogen and oxygen atoms in total. The average Bonchev–Trinajstić information content (AvgIpc) is 2.49. The second-order valence-corrected chi connectivity index (χ2v) is 6.03. The molecule has 2 aromatic carbocycles. The molecular formula is C17H18ClN3O3. The van der Waals surface area contributed by atoms with Crippen molar-refractivity contribution in [1.82, 2.24) is 0 Å². The van der Waals surface area contributed by atoms with Crippen LogP contribution >= 0.6 is 11.6 Å². The van der Waals surface area contributed by atoms with Crippen molar-refractivity contribution < 1.29 is 14.3 Å². The van der Waals surface area contributed by atoms with Gasteiger partial charge in [-0.2, -0.15) is 0 Å². The van der Waals surface area contributed by atoms with Crippen LogP contribution in [0.4, 0.5) is 16.2 Å². The van der Waals surface area contributed by atoms with Crippen LogP contribution in [-0.4, -0.2) is 17.5 Å². The number of halogens is 1. The zero-order valence-corrected chi connectivity index (χ0v) is 14.1. The average molecular weight is 348 g/mol. The van der Waals surface area contributed by atoms with Crippen LogP contribution in [0.2, 0.25) is 5.02 Å². The lowest BCUT2D eigenvalue weighted by molar-refractivity contribution is -0.128. The van der Waals surface area contributed by atoms with Crippen molar-refractivity contribution in [2.75, 3.05) is 10.6 Å². The first kappa shape index (κ1) is 17.6. The van der Waals surface area contributed by atoms with Crippen molar-refractivity contribution in [3.63, 3.8) is 0 Å². The quantitative estimate of drug-likeness (QED) is 0.771. The number of amides is 3. The molecule has 0 aliphatic heterocycles. The summed E-state index contributed by atoms with van der Waals surface area (Å²) < 4.78 is 5.73. The lowest BCUT2D eigenvalue weighted by atomic mass is 10.1. The first-order valence-corrected chi connectivity index (χ1v) is 7.56. The van der Waals surface area contributed by atoms with E-state index in [9.17, 15) is 9.59 Å². The van der Waals surface area contributed by atoms with Crippen molar-refractivity contribution in [3.8, 4) is 5.75 Å². The molecule has 0 atom stereocenters. The topological polar surface area (TPSA) is 93.4 Å². The van der Waals surface area contributed by atoms with E-state index in [0.717, 1.165) is 0 Å². The van der Waals surface area contributed by atoms with E-state index in [-0.39, 0.29) is 5.91 Å². The molecule has 0 aromatic heterocycles. The molecule has 0 saturated heterocycles. The number of primary amides is 1. The molecule has 0 aliphatic rings. The Labute approximate surface area is 144 Å². The van der Waals surface area contributed by atoms with Crippen LogP contribution in [0.25, 0.3) is 0 Å². The highest BCUT2D eigenvalue weighted by atomic mass is 35.5. The molecule has 0 unspecified atom stereocenters. The second-order valence-electron chi connectivity index (χ2n) is 5.59. The largest absolute Gasteiger partial charge is 0.478 e. The predicted molar refractivity (Wildman–Crippen MR) is 94.4 cm³/mol. The number of urea groups is 1. The fourth-order valence-electron chi connectivity index (χ4n) is 1.94. The molecule has 0 fully saturated rings. The SMILES string of the molecule is CC(C)(Oc1ccc(Cl)cc1)C(=O)Nc1cccc(NC(N)=O)c1. The third-order valence-electron chi connectivity index (χ3n) is 3.12. The van der Waals surface area contributed by atoms with E-state index in [0.29, 0.717) is 22.1 Å². The highest BCUT2D eigenvalue weighted by molar-refractivity contribution is 6.30. The number of anilines is 2. The highest BCUT2D eigenvalue weighted by Gasteiger charge is 2.30. The lowest BCUT2D eigenvalue weighted by Gasteiger charge is -2.25. The van der Waals surface area contributed by atoms with Crippen molar-refractivity contribution >= 4 is 34.9 Å². The number of hydrogen-bond acceptors (Lipinski definition) is 3. The lowest BCUT2D eigenvalue weighted by Crippen LogP contribution is -2.42. The summed E-state index contributed by atoms with van der Waals surface area (Å²) in [6, 6.07) is 12.7. The number of nitrogens with two attached hydrogens (primary N) is 1. The molecule has 126 valence electrons. The normalized spacial score (nSPS) is 10.8. The Bertz CT molecular complexity index is 745. The van der Waals surface area contributed by atoms with Gasteiger partial charge in [0, 0.05) is 16.4 Å². The van der Waals surface area contributed by atoms with E-state index in [2.05, 4.69) is 10.6 Å². The monoisotopic (exact) mass is 347 g/mol. The Morgan fingerprint density at radius 1 is 1.04 bits per heavy atom. The maximum Gasteiger partial charge on any atom is 0.316 e. The maximum atomic E-state index is 12.5. The summed E-state index contributed by atoms with van der Waals surface area (Å²) in [6.45, 7) is 3.31. The molecule has 24 heavy (non-hydrogen) atoms. The molecule has 0 aliphatic carbocycles. The van der Waals surface area contributed by atoms with E-state index in [1.54, 1.807) is 62.4 Å². The minimum atomic E-state index is -1.11. The number of rotatable bonds is 5. The third kappa shape index (κ3) is 4.89. The molecular weight excluding hydrogens is 330 g/mol. The summed E-state index contributed by atoms with van der Waals surface area (Å²) in [7, 11) is 0. The Kier molecular flexibility index (Phi) is 5.31. The van der Waals surface area contributed by atoms with E-state index >= 15 is 0 Å². The molecule has 3 amide bonds. The van der Waals surface area contributed by atoms with Gasteiger partial charge >= 0.3 is 6.03 Å². The van der Waals surface area contributed by atoms with Crippen LogP contribution in [0.3, 0.4) is 0 Å². The van der Waals surface area contributed by atoms with Crippen LogP contribution in [0.1, 0.15) is 13.8 Å². The smallest absolute Gasteiger partial charge is 0.316 e. The van der Waals surface area contributed by atoms with Crippen molar-refractivity contribution in [1.29, 1.82) is 0 Å². The Hall–Kier alpha value is -2.73. The summed E-state index contributed by atoms with van der Waals surface area (Å²) in [6.07, 6.45) is 0. The molecule has 4 N–H and O–H groups in total. The van der Waals surface area contributed by atoms with E-state index < -0.39 is 11.6 Å². The first-order chi connectivity index (χ1) is 11.3. The zero-order chi connectivity index (χ0) is 17.7. The summed E-state index contributed by atoms with van der Waals surface area (Å²) in [5, 5.41) is 5.78. The van der Waals surface area contributed by atoms with Crippen LogP contribution in [0, 0.1) is 0 Å². The van der Waals surface area contributed by atoms with Gasteiger partial charge in [0.25, 0.3) is 5.91 Å². The Morgan fingerprint density at radius 3 is 2.21 bits per heavy atom. The van der Waals surface area contributed by atoms with Crippen LogP contribution in [-0.2, 0) is 4.79 Å². The molecule has 2 aromatic rings. The Morgan fingerprint density at radius 2 is 1.62 bits per heavy atom. The molecule has 0 radical (unpaired) electrons. The van der Waals surface area contributed by atoms with Gasteiger partial charge in [0.05, 0.1) is 0 Å². The summed E-state index contributed by atoms with van der Waals surface area (Å²) in [5.41, 5.74) is 4.96. The molecule has 7 heteroatoms. The number of ether oxygens (including phenoxy) is 1. The van der Waals surface area contributed by atoms with Gasteiger partial charge in [0.15, 0.2) is 5.60 Å². The maximum absolute atomic E-state index is 12.5. The van der Waals surface area contributed by atoms with Gasteiger partial charge < -0.3 is 21.1 Å². The Balaban J connectivity index is 2.07. The number of carbonyl (C=O) groups is 2. The van der Waals surface area contributed by atoms with Crippen molar-refractivity contribution in [2.45, 2.75) is 19.4 Å². The highest BCUT2D eigenvalue weighted by Crippen LogP contribution is 2.23. The number of nitrogens with one attached hydrogen (secondary N) is 2. The zero-order valence-electron chi connectivity index (χ0n) is 13.3. The van der Waals surface area contributed by atoms with Crippen molar-refractivity contribution in [2.24, 2.45) is 5.73 Å². The van der Waals surface area contributed by atoms with Gasteiger partial charge in [-0.1, -0.05) is 17.7 Å². The molecule has 0 bridgehead atoms. The molecule has 0 heterocycles. The minimum Gasteiger partial charge on any atom is -0.478 e. The van der Waals surface area contributed by atoms with E-state index in [1.807, 2.05) is 0 Å². The fraction of sp³-hybridized carbons (Fsp3) is 0.176. The number of carbonyl (C=O) groups excluding carboxylic acids is 2. The third-order valence-corrected chi connectivity index (χ3v) is 3.37. The van der Waals surface area contributed by atoms with Gasteiger partial charge in [0.1, 0.15) is 5.75 Å². The number of hydrogen-bond donors (Lipinski definition) is 3. The van der Waals surface area contributed by atoms with Gasteiger partial charge in [0.2, 0.25) is 0 Å². The van der Waals surface area contributed by atoms with Gasteiger partial charge in [-0.25, -0.2) is 4.79 Å². The van der Waals surface area contributed by atoms with Crippen LogP contribution in [0.15, 0.2) is 48.5 Å². The fourth-order valence-corrected chi connectivity index (χ4v) is 2.07. The summed E-state index contributed by atoms with van der Waals surface area (Å²) >= 11 is 5.83. The van der Waals surface area contributed by atoms with Crippen LogP contribution < -0.4 is 21.1 Å². The minimum absolute atomic E-state index is 0.339.